The van der Waals surface area contributed by atoms with Crippen molar-refractivity contribution in [2.45, 2.75) is 0 Å². The summed E-state index contributed by atoms with van der Waals surface area (Å²) in [6, 6.07) is 3.92. The van der Waals surface area contributed by atoms with Gasteiger partial charge in [-0.1, -0.05) is 0 Å². The van der Waals surface area contributed by atoms with E-state index >= 15 is 0 Å². The van der Waals surface area contributed by atoms with Crippen LogP contribution in [0.25, 0.3) is 0 Å². The first-order chi connectivity index (χ1) is 5.47. The Morgan fingerprint density at radius 3 is 3.09 bits per heavy atom. The summed E-state index contributed by atoms with van der Waals surface area (Å²) in [4.78, 5) is 8.28. The number of amidine groups is 1. The average molecular weight is 147 g/mol. The monoisotopic (exact) mass is 147 g/mol. The Hall–Kier alpha value is -1.38. The maximum Gasteiger partial charge on any atom is 0.129 e. The van der Waals surface area contributed by atoms with Crippen molar-refractivity contribution in [2.24, 2.45) is 4.99 Å². The molecule has 1 aromatic heterocycles. The topological polar surface area (TPSA) is 37.3 Å². The third-order valence-corrected chi connectivity index (χ3v) is 1.61. The second-order valence-electron chi connectivity index (χ2n) is 2.40. The Kier molecular flexibility index (Phi) is 1.55. The highest BCUT2D eigenvalue weighted by atomic mass is 15.1. The van der Waals surface area contributed by atoms with Crippen LogP contribution >= 0.6 is 0 Å². The summed E-state index contributed by atoms with van der Waals surface area (Å²) < 4.78 is 0. The molecule has 2 rings (SSSR count). The maximum absolute atomic E-state index is 4.27. The Morgan fingerprint density at radius 1 is 1.45 bits per heavy atom. The summed E-state index contributed by atoms with van der Waals surface area (Å²) >= 11 is 0. The first-order valence-electron chi connectivity index (χ1n) is 3.65. The smallest absolute Gasteiger partial charge is 0.129 e. The summed E-state index contributed by atoms with van der Waals surface area (Å²) in [6.45, 7) is 1.83. The molecular weight excluding hydrogens is 138 g/mol. The molecule has 1 aliphatic rings. The van der Waals surface area contributed by atoms with E-state index < -0.39 is 0 Å². The molecule has 2 heterocycles. The van der Waals surface area contributed by atoms with Crippen molar-refractivity contribution in [3.8, 4) is 0 Å². The summed E-state index contributed by atoms with van der Waals surface area (Å²) in [5, 5.41) is 3.18. The van der Waals surface area contributed by atoms with E-state index in [0.29, 0.717) is 0 Å². The van der Waals surface area contributed by atoms with Gasteiger partial charge in [-0.3, -0.25) is 9.98 Å². The second-order valence-corrected chi connectivity index (χ2v) is 2.40. The lowest BCUT2D eigenvalue weighted by atomic mass is 10.3. The van der Waals surface area contributed by atoms with Crippen LogP contribution < -0.4 is 5.32 Å². The minimum absolute atomic E-state index is 0.879. The van der Waals surface area contributed by atoms with Gasteiger partial charge in [0.15, 0.2) is 0 Å². The first-order valence-corrected chi connectivity index (χ1v) is 3.65. The number of nitrogens with zero attached hydrogens (tertiary/aromatic N) is 2. The second kappa shape index (κ2) is 2.70. The quantitative estimate of drug-likeness (QED) is 0.625. The molecule has 1 N–H and O–H groups in total. The lowest BCUT2D eigenvalue weighted by molar-refractivity contribution is 0.959. The first kappa shape index (κ1) is 6.34. The SMILES string of the molecule is c1cncc(C2=NCCN2)c1. The van der Waals surface area contributed by atoms with Crippen molar-refractivity contribution in [3.05, 3.63) is 30.1 Å². The van der Waals surface area contributed by atoms with Gasteiger partial charge in [-0.15, -0.1) is 0 Å². The molecule has 0 fully saturated rings. The summed E-state index contributed by atoms with van der Waals surface area (Å²) in [7, 11) is 0. The number of nitrogens with one attached hydrogen (secondary N) is 1. The molecule has 0 aromatic carbocycles. The molecule has 0 saturated heterocycles. The highest BCUT2D eigenvalue weighted by Gasteiger charge is 2.05. The number of hydrogen-bond acceptors (Lipinski definition) is 3. The molecule has 1 aromatic rings. The van der Waals surface area contributed by atoms with Gasteiger partial charge < -0.3 is 5.32 Å². The van der Waals surface area contributed by atoms with Crippen molar-refractivity contribution in [1.29, 1.82) is 0 Å². The molecule has 0 spiro atoms. The fraction of sp³-hybridized carbons (Fsp3) is 0.250. The van der Waals surface area contributed by atoms with Crippen molar-refractivity contribution in [3.63, 3.8) is 0 Å². The van der Waals surface area contributed by atoms with E-state index in [4.69, 9.17) is 0 Å². The predicted molar refractivity (Wildman–Crippen MR) is 43.6 cm³/mol. The number of rotatable bonds is 1. The highest BCUT2D eigenvalue weighted by molar-refractivity contribution is 5.99. The van der Waals surface area contributed by atoms with Gasteiger partial charge in [0.05, 0.1) is 6.54 Å². The van der Waals surface area contributed by atoms with Crippen LogP contribution in [0, 0.1) is 0 Å². The minimum Gasteiger partial charge on any atom is -0.368 e. The normalized spacial score (nSPS) is 15.8. The van der Waals surface area contributed by atoms with Gasteiger partial charge in [0, 0.05) is 24.5 Å². The zero-order valence-electron chi connectivity index (χ0n) is 6.12. The minimum atomic E-state index is 0.879. The molecule has 3 heteroatoms. The van der Waals surface area contributed by atoms with Crippen LogP contribution in [0.1, 0.15) is 5.56 Å². The van der Waals surface area contributed by atoms with Gasteiger partial charge in [0.25, 0.3) is 0 Å². The van der Waals surface area contributed by atoms with Crippen LogP contribution in [0.5, 0.6) is 0 Å². The third-order valence-electron chi connectivity index (χ3n) is 1.61. The van der Waals surface area contributed by atoms with Crippen LogP contribution in [-0.2, 0) is 0 Å². The van der Waals surface area contributed by atoms with Crippen LogP contribution in [-0.4, -0.2) is 23.9 Å². The molecule has 0 unspecified atom stereocenters. The van der Waals surface area contributed by atoms with Crippen LogP contribution in [0.15, 0.2) is 29.5 Å². The molecule has 11 heavy (non-hydrogen) atoms. The molecule has 56 valence electrons. The van der Waals surface area contributed by atoms with E-state index in [2.05, 4.69) is 15.3 Å². The molecule has 0 aliphatic carbocycles. The zero-order valence-corrected chi connectivity index (χ0v) is 6.12. The molecule has 0 radical (unpaired) electrons. The van der Waals surface area contributed by atoms with Gasteiger partial charge in [-0.25, -0.2) is 0 Å². The predicted octanol–water partition coefficient (Wildman–Crippen LogP) is 0.431. The van der Waals surface area contributed by atoms with Gasteiger partial charge in [-0.05, 0) is 12.1 Å². The van der Waals surface area contributed by atoms with Crippen molar-refractivity contribution in [1.82, 2.24) is 10.3 Å². The molecule has 0 amide bonds. The van der Waals surface area contributed by atoms with Crippen LogP contribution in [0.2, 0.25) is 0 Å². The Balaban J connectivity index is 2.29. The molecule has 0 bridgehead atoms. The summed E-state index contributed by atoms with van der Waals surface area (Å²) in [5.41, 5.74) is 1.07. The zero-order chi connectivity index (χ0) is 7.52. The summed E-state index contributed by atoms with van der Waals surface area (Å²) in [5.74, 6) is 0.970. The number of pyridine rings is 1. The van der Waals surface area contributed by atoms with Crippen molar-refractivity contribution in [2.75, 3.05) is 13.1 Å². The van der Waals surface area contributed by atoms with E-state index in [-0.39, 0.29) is 0 Å². The Labute approximate surface area is 65.2 Å². The standard InChI is InChI=1S/C8H9N3/c1-2-7(6-9-3-1)8-10-4-5-11-8/h1-3,6H,4-5H2,(H,10,11). The average Bonchev–Trinajstić information content (AvgIpc) is 2.58. The molecule has 0 saturated carbocycles. The Morgan fingerprint density at radius 2 is 2.45 bits per heavy atom. The van der Waals surface area contributed by atoms with Crippen molar-refractivity contribution >= 4 is 5.84 Å². The number of aliphatic imine (C=N–C) groups is 1. The maximum atomic E-state index is 4.27. The van der Waals surface area contributed by atoms with E-state index in [1.165, 1.54) is 0 Å². The number of hydrogen-bond donors (Lipinski definition) is 1. The Bertz CT molecular complexity index is 266. The van der Waals surface area contributed by atoms with Gasteiger partial charge in [0.1, 0.15) is 5.84 Å². The van der Waals surface area contributed by atoms with Gasteiger partial charge in [0.2, 0.25) is 0 Å². The van der Waals surface area contributed by atoms with Gasteiger partial charge in [-0.2, -0.15) is 0 Å². The molecule has 0 atom stereocenters. The van der Waals surface area contributed by atoms with Crippen molar-refractivity contribution < 1.29 is 0 Å². The fourth-order valence-corrected chi connectivity index (χ4v) is 1.09. The van der Waals surface area contributed by atoms with Crippen LogP contribution in [0.4, 0.5) is 0 Å². The fourth-order valence-electron chi connectivity index (χ4n) is 1.09. The third kappa shape index (κ3) is 1.22. The van der Waals surface area contributed by atoms with Crippen LogP contribution in [0.3, 0.4) is 0 Å². The highest BCUT2D eigenvalue weighted by Crippen LogP contribution is 1.99. The van der Waals surface area contributed by atoms with E-state index in [1.807, 2.05) is 18.3 Å². The van der Waals surface area contributed by atoms with E-state index in [9.17, 15) is 0 Å². The molecular formula is C8H9N3. The largest absolute Gasteiger partial charge is 0.368 e. The van der Waals surface area contributed by atoms with Gasteiger partial charge >= 0.3 is 0 Å². The lowest BCUT2D eigenvalue weighted by Crippen LogP contribution is -2.19. The number of aromatic nitrogens is 1. The lowest BCUT2D eigenvalue weighted by Gasteiger charge is -1.98. The van der Waals surface area contributed by atoms with E-state index in [0.717, 1.165) is 24.5 Å². The molecule has 3 nitrogen and oxygen atoms in total. The summed E-state index contributed by atoms with van der Waals surface area (Å²) in [6.07, 6.45) is 3.58. The van der Waals surface area contributed by atoms with E-state index in [1.54, 1.807) is 6.20 Å². The molecule has 1 aliphatic heterocycles.